The van der Waals surface area contributed by atoms with Crippen molar-refractivity contribution in [3.63, 3.8) is 0 Å². The van der Waals surface area contributed by atoms with Gasteiger partial charge in [-0.2, -0.15) is 5.26 Å². The van der Waals surface area contributed by atoms with Gasteiger partial charge in [-0.25, -0.2) is 4.98 Å². The lowest BCUT2D eigenvalue weighted by atomic mass is 9.53. The molecule has 0 spiro atoms. The lowest BCUT2D eigenvalue weighted by Crippen LogP contribution is -2.54. The molecule has 4 saturated carbocycles. The van der Waals surface area contributed by atoms with E-state index >= 15 is 0 Å². The van der Waals surface area contributed by atoms with Crippen molar-refractivity contribution in [2.75, 3.05) is 0 Å². The predicted molar refractivity (Wildman–Crippen MR) is 69.4 cm³/mol. The van der Waals surface area contributed by atoms with E-state index in [2.05, 4.69) is 4.98 Å². The molecule has 4 bridgehead atoms. The number of nitriles is 1. The van der Waals surface area contributed by atoms with Gasteiger partial charge in [0.25, 0.3) is 5.56 Å². The average molecular weight is 255 g/mol. The molecule has 0 radical (unpaired) electrons. The lowest BCUT2D eigenvalue weighted by molar-refractivity contribution is -0.0450. The maximum Gasteiger partial charge on any atom is 0.287 e. The number of nitrogens with zero attached hydrogens (tertiary/aromatic N) is 3. The minimum absolute atomic E-state index is 0.0135. The topological polar surface area (TPSA) is 58.7 Å². The van der Waals surface area contributed by atoms with Crippen molar-refractivity contribution >= 4 is 0 Å². The van der Waals surface area contributed by atoms with Crippen molar-refractivity contribution in [1.82, 2.24) is 9.55 Å². The molecule has 0 amide bonds. The highest BCUT2D eigenvalue weighted by atomic mass is 16.1. The van der Waals surface area contributed by atoms with E-state index in [9.17, 15) is 4.79 Å². The first-order valence-corrected chi connectivity index (χ1v) is 7.18. The summed E-state index contributed by atoms with van der Waals surface area (Å²) in [4.78, 5) is 16.3. The van der Waals surface area contributed by atoms with Gasteiger partial charge in [0.05, 0.1) is 0 Å². The Labute approximate surface area is 112 Å². The van der Waals surface area contributed by atoms with E-state index in [0.717, 1.165) is 37.0 Å². The van der Waals surface area contributed by atoms with E-state index in [1.54, 1.807) is 12.4 Å². The lowest BCUT2D eigenvalue weighted by Gasteiger charge is -2.57. The molecule has 4 fully saturated rings. The van der Waals surface area contributed by atoms with Crippen molar-refractivity contribution in [2.24, 2.45) is 17.8 Å². The molecule has 4 aliphatic rings. The molecule has 4 nitrogen and oxygen atoms in total. The Morgan fingerprint density at radius 1 is 1.21 bits per heavy atom. The molecule has 1 aromatic heterocycles. The van der Waals surface area contributed by atoms with Crippen LogP contribution in [0.1, 0.15) is 44.2 Å². The van der Waals surface area contributed by atoms with Gasteiger partial charge in [0.15, 0.2) is 0 Å². The fourth-order valence-corrected chi connectivity index (χ4v) is 5.22. The number of aromatic nitrogens is 2. The van der Waals surface area contributed by atoms with Crippen LogP contribution in [0.2, 0.25) is 0 Å². The third-order valence-corrected chi connectivity index (χ3v) is 5.46. The molecular formula is C15H17N3O. The first-order valence-electron chi connectivity index (χ1n) is 7.18. The Balaban J connectivity index is 1.85. The smallest absolute Gasteiger partial charge is 0.287 e. The molecular weight excluding hydrogens is 238 g/mol. The summed E-state index contributed by atoms with van der Waals surface area (Å²) in [5.74, 6) is 2.37. The maximum atomic E-state index is 12.4. The maximum absolute atomic E-state index is 12.4. The first-order chi connectivity index (χ1) is 9.20. The minimum atomic E-state index is -0.188. The highest BCUT2D eigenvalue weighted by Crippen LogP contribution is 2.58. The largest absolute Gasteiger partial charge is 0.305 e. The van der Waals surface area contributed by atoms with Crippen LogP contribution in [-0.4, -0.2) is 9.55 Å². The Hall–Kier alpha value is -1.63. The summed E-state index contributed by atoms with van der Waals surface area (Å²) in [5.41, 5.74) is -0.161. The number of rotatable bonds is 1. The number of hydrogen-bond donors (Lipinski definition) is 0. The highest BCUT2D eigenvalue weighted by molar-refractivity contribution is 5.18. The van der Waals surface area contributed by atoms with Crippen molar-refractivity contribution < 1.29 is 0 Å². The van der Waals surface area contributed by atoms with Gasteiger partial charge in [-0.3, -0.25) is 4.79 Å². The van der Waals surface area contributed by atoms with Gasteiger partial charge in [-0.15, -0.1) is 0 Å². The number of hydrogen-bond acceptors (Lipinski definition) is 3. The second-order valence-corrected chi connectivity index (χ2v) is 6.70. The van der Waals surface area contributed by atoms with Crippen LogP contribution in [0, 0.1) is 29.1 Å². The summed E-state index contributed by atoms with van der Waals surface area (Å²) < 4.78 is 1.85. The van der Waals surface area contributed by atoms with Crippen molar-refractivity contribution in [1.29, 1.82) is 5.26 Å². The third-order valence-electron chi connectivity index (χ3n) is 5.46. The molecule has 19 heavy (non-hydrogen) atoms. The molecule has 1 heterocycles. The molecule has 5 rings (SSSR count). The van der Waals surface area contributed by atoms with E-state index in [1.807, 2.05) is 10.6 Å². The molecule has 4 heteroatoms. The molecule has 0 saturated heterocycles. The fraction of sp³-hybridized carbons (Fsp3) is 0.667. The van der Waals surface area contributed by atoms with Gasteiger partial charge in [0.2, 0.25) is 5.69 Å². The van der Waals surface area contributed by atoms with Gasteiger partial charge in [0.1, 0.15) is 6.07 Å². The van der Waals surface area contributed by atoms with E-state index < -0.39 is 0 Å². The Kier molecular flexibility index (Phi) is 2.18. The summed E-state index contributed by atoms with van der Waals surface area (Å²) in [5, 5.41) is 9.00. The van der Waals surface area contributed by atoms with Gasteiger partial charge in [-0.05, 0) is 56.3 Å². The monoisotopic (exact) mass is 255 g/mol. The standard InChI is InChI=1S/C15H17N3O/c16-9-13-14(19)18(2-1-17-13)15-6-10-3-11(7-15)5-12(4-10)8-15/h1-2,10-12H,3-8H2. The third kappa shape index (κ3) is 1.51. The van der Waals surface area contributed by atoms with Crippen molar-refractivity contribution in [3.8, 4) is 6.07 Å². The second kappa shape index (κ2) is 3.69. The van der Waals surface area contributed by atoms with Crippen LogP contribution in [0.25, 0.3) is 0 Å². The SMILES string of the molecule is N#Cc1nccn(C23CC4CC(CC(C4)C2)C3)c1=O. The van der Waals surface area contributed by atoms with Crippen LogP contribution >= 0.6 is 0 Å². The molecule has 0 unspecified atom stereocenters. The summed E-state index contributed by atoms with van der Waals surface area (Å²) >= 11 is 0. The van der Waals surface area contributed by atoms with Gasteiger partial charge < -0.3 is 4.57 Å². The normalized spacial score (nSPS) is 39.2. The highest BCUT2D eigenvalue weighted by Gasteiger charge is 2.52. The van der Waals surface area contributed by atoms with Crippen molar-refractivity contribution in [3.05, 3.63) is 28.4 Å². The van der Waals surface area contributed by atoms with E-state index in [-0.39, 0.29) is 16.8 Å². The van der Waals surface area contributed by atoms with Gasteiger partial charge >= 0.3 is 0 Å². The molecule has 4 aliphatic carbocycles. The Morgan fingerprint density at radius 3 is 2.32 bits per heavy atom. The summed E-state index contributed by atoms with van der Waals surface area (Å²) in [6, 6.07) is 1.92. The average Bonchev–Trinajstić information content (AvgIpc) is 2.37. The van der Waals surface area contributed by atoms with Crippen LogP contribution < -0.4 is 5.56 Å². The fourth-order valence-electron chi connectivity index (χ4n) is 5.22. The summed E-state index contributed by atoms with van der Waals surface area (Å²) in [6.07, 6.45) is 10.8. The molecule has 98 valence electrons. The molecule has 1 aromatic rings. The molecule has 0 aromatic carbocycles. The van der Waals surface area contributed by atoms with Crippen LogP contribution in [0.15, 0.2) is 17.2 Å². The van der Waals surface area contributed by atoms with E-state index in [1.165, 1.54) is 19.3 Å². The minimum Gasteiger partial charge on any atom is -0.305 e. The molecule has 0 aliphatic heterocycles. The molecule has 0 atom stereocenters. The summed E-state index contributed by atoms with van der Waals surface area (Å²) in [7, 11) is 0. The van der Waals surface area contributed by atoms with Crippen LogP contribution in [0.4, 0.5) is 0 Å². The summed E-state index contributed by atoms with van der Waals surface area (Å²) in [6.45, 7) is 0. The first kappa shape index (κ1) is 11.2. The zero-order valence-electron chi connectivity index (χ0n) is 10.9. The van der Waals surface area contributed by atoms with Crippen LogP contribution in [0.3, 0.4) is 0 Å². The van der Waals surface area contributed by atoms with Crippen LogP contribution in [-0.2, 0) is 5.54 Å². The zero-order chi connectivity index (χ0) is 13.0. The van der Waals surface area contributed by atoms with E-state index in [4.69, 9.17) is 5.26 Å². The second-order valence-electron chi connectivity index (χ2n) is 6.70. The van der Waals surface area contributed by atoms with Gasteiger partial charge in [0, 0.05) is 17.9 Å². The van der Waals surface area contributed by atoms with Crippen molar-refractivity contribution in [2.45, 2.75) is 44.1 Å². The predicted octanol–water partition coefficient (Wildman–Crippen LogP) is 2.04. The molecule has 0 N–H and O–H groups in total. The Bertz CT molecular complexity index is 590. The van der Waals surface area contributed by atoms with Gasteiger partial charge in [-0.1, -0.05) is 0 Å². The Morgan fingerprint density at radius 2 is 1.79 bits per heavy atom. The quantitative estimate of drug-likeness (QED) is 0.771. The van der Waals surface area contributed by atoms with E-state index in [0.29, 0.717) is 0 Å². The van der Waals surface area contributed by atoms with Crippen LogP contribution in [0.5, 0.6) is 0 Å². The zero-order valence-corrected chi connectivity index (χ0v) is 10.9.